The standard InChI is InChI=1S/C31H32FN5O4/c1-18(2)28-27(30(40)35-21-6-4-3-5-7-21)26(24-12-14-34-31(33)36-24)29(19-8-10-20(32)11-9-19)37(28)15-13-23-16-22(38)17-25(39)41-23/h3-12,14,18,22-23,38H,13,15-17H2,1-2H3,(H,35,40)(H2,33,34,36). The van der Waals surface area contributed by atoms with Crippen LogP contribution in [0.2, 0.25) is 0 Å². The summed E-state index contributed by atoms with van der Waals surface area (Å²) in [7, 11) is 0. The van der Waals surface area contributed by atoms with Gasteiger partial charge in [-0.2, -0.15) is 0 Å². The average molecular weight is 558 g/mol. The molecule has 1 saturated heterocycles. The Morgan fingerprint density at radius 2 is 1.90 bits per heavy atom. The SMILES string of the molecule is CC(C)c1c(C(=O)Nc2ccccc2)c(-c2ccnc(N)n2)c(-c2ccc(F)cc2)n1CCC1CC(O)CC(=O)O1. The van der Waals surface area contributed by atoms with Gasteiger partial charge in [-0.05, 0) is 53.9 Å². The van der Waals surface area contributed by atoms with Gasteiger partial charge >= 0.3 is 5.97 Å². The monoisotopic (exact) mass is 557 g/mol. The zero-order valence-corrected chi connectivity index (χ0v) is 22.9. The van der Waals surface area contributed by atoms with Crippen LogP contribution in [0.25, 0.3) is 22.5 Å². The Morgan fingerprint density at radius 1 is 1.17 bits per heavy atom. The molecule has 2 aromatic carbocycles. The van der Waals surface area contributed by atoms with Gasteiger partial charge in [-0.3, -0.25) is 9.59 Å². The van der Waals surface area contributed by atoms with Crippen molar-refractivity contribution in [3.05, 3.63) is 83.9 Å². The predicted molar refractivity (Wildman–Crippen MR) is 153 cm³/mol. The van der Waals surface area contributed by atoms with Crippen LogP contribution in [-0.4, -0.2) is 43.7 Å². The zero-order valence-electron chi connectivity index (χ0n) is 22.9. The number of ether oxygens (including phenoxy) is 1. The Hall–Kier alpha value is -4.57. The number of benzene rings is 2. The van der Waals surface area contributed by atoms with E-state index in [4.69, 9.17) is 10.5 Å². The number of carbonyl (C=O) groups is 2. The first-order valence-corrected chi connectivity index (χ1v) is 13.6. The Balaban J connectivity index is 1.73. The molecule has 1 aliphatic heterocycles. The van der Waals surface area contributed by atoms with E-state index in [9.17, 15) is 19.1 Å². The fraction of sp³-hybridized carbons (Fsp3) is 0.290. The number of hydrogen-bond donors (Lipinski definition) is 3. The Morgan fingerprint density at radius 3 is 2.56 bits per heavy atom. The molecular weight excluding hydrogens is 525 g/mol. The number of carbonyl (C=O) groups excluding carboxylic acids is 2. The van der Waals surface area contributed by atoms with Crippen LogP contribution in [0.5, 0.6) is 0 Å². The summed E-state index contributed by atoms with van der Waals surface area (Å²) in [6.07, 6.45) is 0.970. The van der Waals surface area contributed by atoms with Crippen molar-refractivity contribution in [2.45, 2.75) is 57.8 Å². The third-order valence-electron chi connectivity index (χ3n) is 7.07. The summed E-state index contributed by atoms with van der Waals surface area (Å²) in [5, 5.41) is 13.2. The summed E-state index contributed by atoms with van der Waals surface area (Å²) in [5.41, 5.74) is 10.0. The van der Waals surface area contributed by atoms with Crippen LogP contribution < -0.4 is 11.1 Å². The van der Waals surface area contributed by atoms with E-state index in [0.717, 1.165) is 5.69 Å². The summed E-state index contributed by atoms with van der Waals surface area (Å²) in [6, 6.07) is 16.9. The number of nitrogen functional groups attached to an aromatic ring is 1. The van der Waals surface area contributed by atoms with Gasteiger partial charge in [-0.15, -0.1) is 0 Å². The van der Waals surface area contributed by atoms with E-state index in [2.05, 4.69) is 15.3 Å². The van der Waals surface area contributed by atoms with E-state index >= 15 is 0 Å². The topological polar surface area (TPSA) is 132 Å². The van der Waals surface area contributed by atoms with Crippen LogP contribution in [0.15, 0.2) is 66.9 Å². The molecule has 0 saturated carbocycles. The summed E-state index contributed by atoms with van der Waals surface area (Å²) in [4.78, 5) is 34.6. The first-order valence-electron chi connectivity index (χ1n) is 13.6. The second kappa shape index (κ2) is 11.9. The van der Waals surface area contributed by atoms with E-state index in [-0.39, 0.29) is 24.2 Å². The van der Waals surface area contributed by atoms with E-state index in [0.29, 0.717) is 53.2 Å². The molecule has 1 amide bonds. The molecule has 3 heterocycles. The second-order valence-corrected chi connectivity index (χ2v) is 10.4. The van der Waals surface area contributed by atoms with Crippen LogP contribution in [0, 0.1) is 5.82 Å². The van der Waals surface area contributed by atoms with Crippen molar-refractivity contribution in [1.82, 2.24) is 14.5 Å². The third-order valence-corrected chi connectivity index (χ3v) is 7.07. The fourth-order valence-electron chi connectivity index (χ4n) is 5.40. The van der Waals surface area contributed by atoms with E-state index < -0.39 is 24.0 Å². The molecule has 5 rings (SSSR count). The fourth-order valence-corrected chi connectivity index (χ4v) is 5.40. The highest BCUT2D eigenvalue weighted by Crippen LogP contribution is 2.42. The Kier molecular flexibility index (Phi) is 8.11. The number of rotatable bonds is 8. The number of aliphatic hydroxyl groups excluding tert-OH is 1. The van der Waals surface area contributed by atoms with Crippen molar-refractivity contribution >= 4 is 23.5 Å². The van der Waals surface area contributed by atoms with Gasteiger partial charge in [0.15, 0.2) is 0 Å². The highest BCUT2D eigenvalue weighted by Gasteiger charge is 2.33. The van der Waals surface area contributed by atoms with Gasteiger partial charge in [0.25, 0.3) is 5.91 Å². The quantitative estimate of drug-likeness (QED) is 0.255. The van der Waals surface area contributed by atoms with Crippen LogP contribution in [0.4, 0.5) is 16.0 Å². The van der Waals surface area contributed by atoms with Crippen molar-refractivity contribution in [2.24, 2.45) is 0 Å². The zero-order chi connectivity index (χ0) is 29.1. The van der Waals surface area contributed by atoms with Gasteiger partial charge in [0.1, 0.15) is 11.9 Å². The summed E-state index contributed by atoms with van der Waals surface area (Å²) >= 11 is 0. The average Bonchev–Trinajstić information content (AvgIpc) is 3.28. The van der Waals surface area contributed by atoms with Crippen molar-refractivity contribution in [2.75, 3.05) is 11.1 Å². The van der Waals surface area contributed by atoms with E-state index in [1.807, 2.05) is 36.6 Å². The van der Waals surface area contributed by atoms with Crippen molar-refractivity contribution in [1.29, 1.82) is 0 Å². The molecule has 0 spiro atoms. The first-order chi connectivity index (χ1) is 19.7. The second-order valence-electron chi connectivity index (χ2n) is 10.4. The number of anilines is 2. The number of esters is 1. The minimum Gasteiger partial charge on any atom is -0.462 e. The first kappa shape index (κ1) is 28.0. The molecule has 2 atom stereocenters. The van der Waals surface area contributed by atoms with Gasteiger partial charge in [-0.1, -0.05) is 32.0 Å². The van der Waals surface area contributed by atoms with E-state index in [1.54, 1.807) is 30.3 Å². The molecule has 212 valence electrons. The Bertz CT molecular complexity index is 1550. The predicted octanol–water partition coefficient (Wildman–Crippen LogP) is 5.17. The molecule has 2 unspecified atom stereocenters. The van der Waals surface area contributed by atoms with Gasteiger partial charge in [0.2, 0.25) is 5.95 Å². The van der Waals surface area contributed by atoms with Crippen molar-refractivity contribution in [3.63, 3.8) is 0 Å². The molecule has 41 heavy (non-hydrogen) atoms. The number of halogens is 1. The highest BCUT2D eigenvalue weighted by molar-refractivity contribution is 6.12. The lowest BCUT2D eigenvalue weighted by atomic mass is 9.97. The van der Waals surface area contributed by atoms with Crippen LogP contribution in [0.3, 0.4) is 0 Å². The van der Waals surface area contributed by atoms with Crippen molar-refractivity contribution in [3.8, 4) is 22.5 Å². The highest BCUT2D eigenvalue weighted by atomic mass is 19.1. The molecule has 0 aliphatic carbocycles. The summed E-state index contributed by atoms with van der Waals surface area (Å²) < 4.78 is 21.6. The van der Waals surface area contributed by atoms with Crippen LogP contribution >= 0.6 is 0 Å². The molecule has 9 nitrogen and oxygen atoms in total. The van der Waals surface area contributed by atoms with Crippen LogP contribution in [0.1, 0.15) is 55.1 Å². The molecule has 1 fully saturated rings. The maximum absolute atomic E-state index is 14.1. The summed E-state index contributed by atoms with van der Waals surface area (Å²) in [6.45, 7) is 4.33. The molecule has 4 N–H and O–H groups in total. The number of nitrogens with zero attached hydrogens (tertiary/aromatic N) is 3. The van der Waals surface area contributed by atoms with Crippen LogP contribution in [-0.2, 0) is 16.1 Å². The number of para-hydroxylation sites is 1. The molecule has 1 aliphatic rings. The number of aliphatic hydroxyl groups is 1. The molecular formula is C31H32FN5O4. The van der Waals surface area contributed by atoms with E-state index in [1.165, 1.54) is 18.3 Å². The lowest BCUT2D eigenvalue weighted by Crippen LogP contribution is -2.33. The van der Waals surface area contributed by atoms with Gasteiger partial charge < -0.3 is 25.5 Å². The molecule has 0 bridgehead atoms. The number of hydrogen-bond acceptors (Lipinski definition) is 7. The van der Waals surface area contributed by atoms with Gasteiger partial charge in [0.05, 0.1) is 29.5 Å². The Labute approximate surface area is 237 Å². The third kappa shape index (κ3) is 6.12. The lowest BCUT2D eigenvalue weighted by molar-refractivity contribution is -0.160. The molecule has 0 radical (unpaired) electrons. The summed E-state index contributed by atoms with van der Waals surface area (Å²) in [5.74, 6) is -1.26. The maximum Gasteiger partial charge on any atom is 0.308 e. The lowest BCUT2D eigenvalue weighted by Gasteiger charge is -2.27. The number of nitrogens with one attached hydrogen (secondary N) is 1. The minimum absolute atomic E-state index is 0.0266. The largest absolute Gasteiger partial charge is 0.462 e. The molecule has 4 aromatic rings. The number of cyclic esters (lactones) is 1. The number of amides is 1. The molecule has 2 aromatic heterocycles. The smallest absolute Gasteiger partial charge is 0.308 e. The minimum atomic E-state index is -0.765. The normalized spacial score (nSPS) is 17.0. The number of nitrogens with two attached hydrogens (primary N) is 1. The van der Waals surface area contributed by atoms with Gasteiger partial charge in [-0.25, -0.2) is 14.4 Å². The van der Waals surface area contributed by atoms with Crippen molar-refractivity contribution < 1.29 is 23.8 Å². The molecule has 10 heteroatoms. The number of aromatic nitrogens is 3. The maximum atomic E-state index is 14.1. The van der Waals surface area contributed by atoms with Gasteiger partial charge in [0, 0.05) is 42.5 Å².